The van der Waals surface area contributed by atoms with Gasteiger partial charge < -0.3 is 38.8 Å². The summed E-state index contributed by atoms with van der Waals surface area (Å²) in [5.74, 6) is -1.21. The number of carbonyl (C=O) groups is 2. The molecule has 1 amide bonds. The molecule has 0 aromatic heterocycles. The monoisotopic (exact) mass is 501 g/mol. The highest BCUT2D eigenvalue weighted by atomic mass is 16.8. The Morgan fingerprint density at radius 3 is 2.42 bits per heavy atom. The molecule has 0 spiro atoms. The number of hydrogen-bond donors (Lipinski definition) is 2. The van der Waals surface area contributed by atoms with E-state index in [4.69, 9.17) is 28.4 Å². The second kappa shape index (κ2) is 11.5. The van der Waals surface area contributed by atoms with Crippen molar-refractivity contribution in [1.29, 1.82) is 0 Å². The number of ether oxygens (including phenoxy) is 6. The van der Waals surface area contributed by atoms with E-state index in [9.17, 15) is 14.7 Å². The van der Waals surface area contributed by atoms with Crippen molar-refractivity contribution in [2.75, 3.05) is 13.7 Å². The number of fused-ring (bicyclic) bond motifs is 1. The molecule has 2 saturated heterocycles. The molecule has 2 N–H and O–H groups in total. The van der Waals surface area contributed by atoms with E-state index < -0.39 is 54.6 Å². The number of esters is 1. The summed E-state index contributed by atoms with van der Waals surface area (Å²) >= 11 is 0. The molecule has 36 heavy (non-hydrogen) atoms. The fraction of sp³-hybridized carbons (Fsp3) is 0.462. The van der Waals surface area contributed by atoms with Crippen LogP contribution in [0.5, 0.6) is 0 Å². The van der Waals surface area contributed by atoms with Gasteiger partial charge in [-0.05, 0) is 12.5 Å². The molecule has 2 aromatic rings. The standard InChI is InChI=1S/C26H31NO9/c1-16(23(29)31-3)34-22-21-20(15-32-24(36-21)19-12-8-5-9-13-19)35-25(26(22,30)27-17(2)28)33-14-18-10-6-4-7-11-18/h4-13,16,20-22,24-25,30H,14-15H2,1-3H3,(H,27,28)/t16?,20-,21-,22+,24-,25+,26-/m1/s1. The van der Waals surface area contributed by atoms with Crippen molar-refractivity contribution in [3.63, 3.8) is 0 Å². The first kappa shape index (κ1) is 26.2. The molecular formula is C26H31NO9. The maximum Gasteiger partial charge on any atom is 0.334 e. The van der Waals surface area contributed by atoms with Crippen LogP contribution in [-0.4, -0.2) is 67.1 Å². The SMILES string of the molecule is COC(=O)C(C)O[C@H]1[C@@H]2O[C@H](c3ccccc3)OC[C@H]2O[C@H](OCc2ccccc2)[C@@]1(O)NC(C)=O. The summed E-state index contributed by atoms with van der Waals surface area (Å²) in [6.07, 6.45) is -6.16. The maximum absolute atomic E-state index is 12.2. The minimum atomic E-state index is -2.21. The highest BCUT2D eigenvalue weighted by Crippen LogP contribution is 2.39. The fourth-order valence-electron chi connectivity index (χ4n) is 4.31. The Bertz CT molecular complexity index is 1020. The Kier molecular flexibility index (Phi) is 8.35. The largest absolute Gasteiger partial charge is 0.467 e. The molecule has 2 aliphatic heterocycles. The third-order valence-corrected chi connectivity index (χ3v) is 6.02. The number of methoxy groups -OCH3 is 1. The van der Waals surface area contributed by atoms with Gasteiger partial charge in [0.2, 0.25) is 17.9 Å². The summed E-state index contributed by atoms with van der Waals surface area (Å²) in [7, 11) is 1.23. The van der Waals surface area contributed by atoms with E-state index in [0.29, 0.717) is 0 Å². The van der Waals surface area contributed by atoms with E-state index >= 15 is 0 Å². The lowest BCUT2D eigenvalue weighted by Gasteiger charge is -2.53. The van der Waals surface area contributed by atoms with E-state index in [1.54, 1.807) is 0 Å². The molecule has 1 unspecified atom stereocenters. The van der Waals surface area contributed by atoms with Crippen LogP contribution in [0.15, 0.2) is 60.7 Å². The van der Waals surface area contributed by atoms with Crippen LogP contribution in [0.3, 0.4) is 0 Å². The Labute approximate surface area is 209 Å². The van der Waals surface area contributed by atoms with Gasteiger partial charge in [-0.25, -0.2) is 4.79 Å². The number of benzene rings is 2. The van der Waals surface area contributed by atoms with Crippen LogP contribution in [0.25, 0.3) is 0 Å². The molecule has 10 nitrogen and oxygen atoms in total. The average Bonchev–Trinajstić information content (AvgIpc) is 2.89. The Balaban J connectivity index is 1.66. The van der Waals surface area contributed by atoms with Gasteiger partial charge in [0.05, 0.1) is 20.3 Å². The highest BCUT2D eigenvalue weighted by molar-refractivity contribution is 5.74. The van der Waals surface area contributed by atoms with E-state index in [1.165, 1.54) is 21.0 Å². The van der Waals surface area contributed by atoms with Crippen LogP contribution >= 0.6 is 0 Å². The topological polar surface area (TPSA) is 122 Å². The van der Waals surface area contributed by atoms with Gasteiger partial charge in [-0.3, -0.25) is 4.79 Å². The van der Waals surface area contributed by atoms with Gasteiger partial charge in [-0.1, -0.05) is 60.7 Å². The molecule has 2 heterocycles. The van der Waals surface area contributed by atoms with Gasteiger partial charge in [0.1, 0.15) is 18.3 Å². The summed E-state index contributed by atoms with van der Waals surface area (Å²) in [5, 5.41) is 14.4. The molecular weight excluding hydrogens is 470 g/mol. The fourth-order valence-corrected chi connectivity index (χ4v) is 4.31. The molecule has 2 aromatic carbocycles. The van der Waals surface area contributed by atoms with Gasteiger partial charge in [0.15, 0.2) is 12.4 Å². The normalized spacial score (nSPS) is 30.6. The highest BCUT2D eigenvalue weighted by Gasteiger charge is 2.61. The van der Waals surface area contributed by atoms with Crippen LogP contribution in [0.1, 0.15) is 31.3 Å². The summed E-state index contributed by atoms with van der Waals surface area (Å²) in [4.78, 5) is 24.4. The lowest BCUT2D eigenvalue weighted by molar-refractivity contribution is -0.399. The molecule has 0 bridgehead atoms. The molecule has 0 radical (unpaired) electrons. The van der Waals surface area contributed by atoms with Crippen molar-refractivity contribution in [1.82, 2.24) is 5.32 Å². The number of amides is 1. The molecule has 7 atom stereocenters. The predicted molar refractivity (Wildman–Crippen MR) is 125 cm³/mol. The summed E-state index contributed by atoms with van der Waals surface area (Å²) in [5.41, 5.74) is -0.627. The van der Waals surface area contributed by atoms with Gasteiger partial charge in [0.25, 0.3) is 0 Å². The zero-order valence-corrected chi connectivity index (χ0v) is 20.4. The van der Waals surface area contributed by atoms with Gasteiger partial charge in [-0.2, -0.15) is 0 Å². The molecule has 0 saturated carbocycles. The second-order valence-electron chi connectivity index (χ2n) is 8.71. The number of nitrogens with one attached hydrogen (secondary N) is 1. The molecule has 10 heteroatoms. The molecule has 2 fully saturated rings. The third-order valence-electron chi connectivity index (χ3n) is 6.02. The first-order chi connectivity index (χ1) is 17.3. The summed E-state index contributed by atoms with van der Waals surface area (Å²) in [6.45, 7) is 2.91. The average molecular weight is 502 g/mol. The first-order valence-corrected chi connectivity index (χ1v) is 11.7. The number of rotatable bonds is 8. The second-order valence-corrected chi connectivity index (χ2v) is 8.71. The lowest BCUT2D eigenvalue weighted by atomic mass is 9.91. The van der Waals surface area contributed by atoms with Gasteiger partial charge in [0, 0.05) is 12.5 Å². The third kappa shape index (κ3) is 5.75. The van der Waals surface area contributed by atoms with Crippen molar-refractivity contribution < 1.29 is 43.1 Å². The number of carbonyl (C=O) groups excluding carboxylic acids is 2. The van der Waals surface area contributed by atoms with Crippen molar-refractivity contribution >= 4 is 11.9 Å². The zero-order chi connectivity index (χ0) is 25.7. The van der Waals surface area contributed by atoms with Crippen LogP contribution in [0.4, 0.5) is 0 Å². The maximum atomic E-state index is 12.2. The summed E-state index contributed by atoms with van der Waals surface area (Å²) in [6, 6.07) is 18.5. The number of hydrogen-bond acceptors (Lipinski definition) is 9. The van der Waals surface area contributed by atoms with E-state index in [2.05, 4.69) is 5.32 Å². The Morgan fingerprint density at radius 2 is 1.78 bits per heavy atom. The molecule has 0 aliphatic carbocycles. The van der Waals surface area contributed by atoms with Crippen molar-refractivity contribution in [3.8, 4) is 0 Å². The molecule has 4 rings (SSSR count). The minimum absolute atomic E-state index is 0.0818. The van der Waals surface area contributed by atoms with Gasteiger partial charge in [-0.15, -0.1) is 0 Å². The molecule has 2 aliphatic rings. The smallest absolute Gasteiger partial charge is 0.334 e. The predicted octanol–water partition coefficient (Wildman–Crippen LogP) is 1.81. The van der Waals surface area contributed by atoms with Crippen molar-refractivity contribution in [2.24, 2.45) is 0 Å². The van der Waals surface area contributed by atoms with E-state index in [-0.39, 0.29) is 13.2 Å². The lowest BCUT2D eigenvalue weighted by Crippen LogP contribution is -2.75. The zero-order valence-electron chi connectivity index (χ0n) is 20.4. The van der Waals surface area contributed by atoms with E-state index in [0.717, 1.165) is 11.1 Å². The van der Waals surface area contributed by atoms with Crippen LogP contribution < -0.4 is 5.32 Å². The quantitative estimate of drug-likeness (QED) is 0.412. The first-order valence-electron chi connectivity index (χ1n) is 11.7. The van der Waals surface area contributed by atoms with Crippen LogP contribution in [-0.2, 0) is 44.6 Å². The van der Waals surface area contributed by atoms with Gasteiger partial charge >= 0.3 is 5.97 Å². The Morgan fingerprint density at radius 1 is 1.11 bits per heavy atom. The number of aliphatic hydroxyl groups is 1. The Hall–Kier alpha value is -2.86. The summed E-state index contributed by atoms with van der Waals surface area (Å²) < 4.78 is 34.9. The van der Waals surface area contributed by atoms with Crippen LogP contribution in [0, 0.1) is 0 Å². The minimum Gasteiger partial charge on any atom is -0.467 e. The van der Waals surface area contributed by atoms with E-state index in [1.807, 2.05) is 60.7 Å². The van der Waals surface area contributed by atoms with Crippen molar-refractivity contribution in [3.05, 3.63) is 71.8 Å². The van der Waals surface area contributed by atoms with Crippen LogP contribution in [0.2, 0.25) is 0 Å². The van der Waals surface area contributed by atoms with Crippen molar-refractivity contribution in [2.45, 2.75) is 63.2 Å². The molecule has 194 valence electrons.